The highest BCUT2D eigenvalue weighted by atomic mass is 31.2. The van der Waals surface area contributed by atoms with Gasteiger partial charge < -0.3 is 9.05 Å². The summed E-state index contributed by atoms with van der Waals surface area (Å²) in [7, 11) is -3.18. The molecule has 0 rings (SSSR count). The first-order valence-electron chi connectivity index (χ1n) is 13.6. The van der Waals surface area contributed by atoms with Crippen molar-refractivity contribution in [3.8, 4) is 0 Å². The summed E-state index contributed by atoms with van der Waals surface area (Å²) in [5.41, 5.74) is 1.35. The van der Waals surface area contributed by atoms with Crippen LogP contribution in [0.2, 0.25) is 0 Å². The largest absolute Gasteiger partial charge is 0.356 e. The van der Waals surface area contributed by atoms with Gasteiger partial charge in [0.1, 0.15) is 0 Å². The molecule has 0 N–H and O–H groups in total. The van der Waals surface area contributed by atoms with E-state index in [9.17, 15) is 4.57 Å². The molecule has 0 aliphatic heterocycles. The van der Waals surface area contributed by atoms with E-state index in [1.54, 1.807) is 0 Å². The van der Waals surface area contributed by atoms with Gasteiger partial charge in [-0.2, -0.15) is 0 Å². The van der Waals surface area contributed by atoms with Crippen LogP contribution in [0.5, 0.6) is 0 Å². The van der Waals surface area contributed by atoms with E-state index in [-0.39, 0.29) is 0 Å². The molecule has 0 aromatic carbocycles. The molecule has 0 atom stereocenters. The number of allylic oxidation sites excluding steroid dienone is 2. The third kappa shape index (κ3) is 16.2. The Morgan fingerprint density at radius 2 is 0.903 bits per heavy atom. The molecule has 186 valence electrons. The van der Waals surface area contributed by atoms with Crippen molar-refractivity contribution < 1.29 is 13.6 Å². The lowest BCUT2D eigenvalue weighted by molar-refractivity contribution is 0.205. The fourth-order valence-corrected chi connectivity index (χ4v) is 5.62. The molecule has 0 spiro atoms. The highest BCUT2D eigenvalue weighted by Gasteiger charge is 2.29. The fourth-order valence-electron chi connectivity index (χ4n) is 3.81. The van der Waals surface area contributed by atoms with Crippen molar-refractivity contribution in [2.24, 2.45) is 0 Å². The molecule has 0 aromatic rings. The quantitative estimate of drug-likeness (QED) is 0.113. The van der Waals surface area contributed by atoms with Crippen molar-refractivity contribution in [3.63, 3.8) is 0 Å². The monoisotopic (exact) mass is 458 g/mol. The van der Waals surface area contributed by atoms with Crippen LogP contribution in [0.25, 0.3) is 0 Å². The van der Waals surface area contributed by atoms with Gasteiger partial charge >= 0.3 is 7.60 Å². The summed E-state index contributed by atoms with van der Waals surface area (Å²) in [4.78, 5) is 0. The van der Waals surface area contributed by atoms with Gasteiger partial charge in [-0.15, -0.1) is 0 Å². The Morgan fingerprint density at radius 3 is 1.29 bits per heavy atom. The predicted molar refractivity (Wildman–Crippen MR) is 138 cm³/mol. The van der Waals surface area contributed by atoms with Gasteiger partial charge in [0.25, 0.3) is 0 Å². The Balaban J connectivity index is 5.12. The third-order valence-electron chi connectivity index (χ3n) is 6.10. The van der Waals surface area contributed by atoms with Crippen LogP contribution in [-0.4, -0.2) is 13.2 Å². The van der Waals surface area contributed by atoms with Crippen molar-refractivity contribution in [1.29, 1.82) is 0 Å². The normalized spacial score (nSPS) is 11.8. The minimum absolute atomic E-state index is 0.526. The summed E-state index contributed by atoms with van der Waals surface area (Å²) in [6.07, 6.45) is 21.5. The van der Waals surface area contributed by atoms with Crippen LogP contribution in [0.1, 0.15) is 150 Å². The van der Waals surface area contributed by atoms with Gasteiger partial charge in [0.2, 0.25) is 0 Å². The summed E-state index contributed by atoms with van der Waals surface area (Å²) in [5.74, 6) is 0. The number of hydrogen-bond donors (Lipinski definition) is 0. The Hall–Kier alpha value is -0.110. The molecule has 0 unspecified atom stereocenters. The second-order valence-electron chi connectivity index (χ2n) is 9.10. The van der Waals surface area contributed by atoms with Crippen LogP contribution >= 0.6 is 7.60 Å². The number of unbranched alkanes of at least 4 members (excludes halogenated alkanes) is 12. The van der Waals surface area contributed by atoms with Gasteiger partial charge in [-0.25, -0.2) is 0 Å². The molecule has 0 bridgehead atoms. The Bertz CT molecular complexity index is 441. The molecule has 0 saturated carbocycles. The molecule has 0 radical (unpaired) electrons. The van der Waals surface area contributed by atoms with Crippen LogP contribution in [-0.2, 0) is 13.6 Å². The van der Waals surface area contributed by atoms with Gasteiger partial charge in [-0.3, -0.25) is 4.57 Å². The average Bonchev–Trinajstić information content (AvgIpc) is 2.77. The lowest BCUT2D eigenvalue weighted by Crippen LogP contribution is -2.03. The molecule has 0 saturated heterocycles. The Labute approximate surface area is 195 Å². The van der Waals surface area contributed by atoms with E-state index in [0.29, 0.717) is 13.2 Å². The van der Waals surface area contributed by atoms with Gasteiger partial charge in [0.15, 0.2) is 0 Å². The van der Waals surface area contributed by atoms with Gasteiger partial charge in [0.05, 0.1) is 13.2 Å². The summed E-state index contributed by atoms with van der Waals surface area (Å²) >= 11 is 0. The predicted octanol–water partition coefficient (Wildman–Crippen LogP) is 10.6. The van der Waals surface area contributed by atoms with Crippen molar-refractivity contribution in [2.45, 2.75) is 150 Å². The van der Waals surface area contributed by atoms with Gasteiger partial charge in [-0.05, 0) is 45.4 Å². The van der Waals surface area contributed by atoms with Gasteiger partial charge in [0, 0.05) is 5.31 Å². The topological polar surface area (TPSA) is 35.5 Å². The molecule has 0 aliphatic carbocycles. The summed E-state index contributed by atoms with van der Waals surface area (Å²) in [5, 5.41) is 0.918. The highest BCUT2D eigenvalue weighted by Crippen LogP contribution is 2.58. The maximum Gasteiger partial charge on any atom is 0.356 e. The van der Waals surface area contributed by atoms with E-state index in [1.807, 2.05) is 6.92 Å². The Morgan fingerprint density at radius 1 is 0.548 bits per heavy atom. The third-order valence-corrected chi connectivity index (χ3v) is 8.29. The molecular weight excluding hydrogens is 403 g/mol. The van der Waals surface area contributed by atoms with Crippen LogP contribution in [0.3, 0.4) is 0 Å². The maximum absolute atomic E-state index is 13.8. The van der Waals surface area contributed by atoms with Gasteiger partial charge in [-0.1, -0.05) is 110 Å². The average molecular weight is 459 g/mol. The van der Waals surface area contributed by atoms with Crippen molar-refractivity contribution in [1.82, 2.24) is 0 Å². The van der Waals surface area contributed by atoms with E-state index >= 15 is 0 Å². The van der Waals surface area contributed by atoms with E-state index in [2.05, 4.69) is 27.7 Å². The SMILES string of the molecule is CCCCCCCCC(CCCCCCCC)=C(C)P(=O)(OCCCC)OCCCC. The summed E-state index contributed by atoms with van der Waals surface area (Å²) in [6.45, 7) is 11.9. The molecular formula is C27H55O3P. The lowest BCUT2D eigenvalue weighted by atomic mass is 9.99. The second-order valence-corrected chi connectivity index (χ2v) is 11.3. The first-order chi connectivity index (χ1) is 15.1. The smallest absolute Gasteiger partial charge is 0.305 e. The fraction of sp³-hybridized carbons (Fsp3) is 0.926. The molecule has 3 nitrogen and oxygen atoms in total. The Kier molecular flexibility index (Phi) is 21.6. The van der Waals surface area contributed by atoms with Crippen molar-refractivity contribution in [2.75, 3.05) is 13.2 Å². The minimum atomic E-state index is -3.18. The van der Waals surface area contributed by atoms with E-state index in [1.165, 1.54) is 82.6 Å². The van der Waals surface area contributed by atoms with E-state index in [0.717, 1.165) is 43.8 Å². The maximum atomic E-state index is 13.8. The summed E-state index contributed by atoms with van der Waals surface area (Å²) < 4.78 is 25.7. The molecule has 4 heteroatoms. The number of hydrogen-bond acceptors (Lipinski definition) is 3. The zero-order valence-corrected chi connectivity index (χ0v) is 22.7. The first-order valence-corrected chi connectivity index (χ1v) is 15.2. The standard InChI is InChI=1S/C27H55O3P/c1-6-10-14-16-18-20-22-27(23-21-19-17-15-11-7-2)26(5)31(28,29-24-12-8-3)30-25-13-9-4/h6-25H2,1-5H3. The van der Waals surface area contributed by atoms with Crippen LogP contribution < -0.4 is 0 Å². The molecule has 0 heterocycles. The zero-order chi connectivity index (χ0) is 23.2. The number of rotatable bonds is 23. The first kappa shape index (κ1) is 30.9. The minimum Gasteiger partial charge on any atom is -0.305 e. The highest BCUT2D eigenvalue weighted by molar-refractivity contribution is 7.58. The van der Waals surface area contributed by atoms with Crippen LogP contribution in [0, 0.1) is 0 Å². The summed E-state index contributed by atoms with van der Waals surface area (Å²) in [6, 6.07) is 0. The van der Waals surface area contributed by atoms with Crippen LogP contribution in [0.15, 0.2) is 10.9 Å². The molecule has 0 aromatic heterocycles. The lowest BCUT2D eigenvalue weighted by Gasteiger charge is -2.22. The van der Waals surface area contributed by atoms with E-state index < -0.39 is 7.60 Å². The zero-order valence-electron chi connectivity index (χ0n) is 21.8. The molecule has 0 amide bonds. The molecule has 31 heavy (non-hydrogen) atoms. The van der Waals surface area contributed by atoms with E-state index in [4.69, 9.17) is 9.05 Å². The van der Waals surface area contributed by atoms with Crippen molar-refractivity contribution >= 4 is 7.60 Å². The second kappa shape index (κ2) is 21.7. The molecule has 0 fully saturated rings. The molecule has 0 aliphatic rings. The van der Waals surface area contributed by atoms with Crippen LogP contribution in [0.4, 0.5) is 0 Å². The van der Waals surface area contributed by atoms with Crippen molar-refractivity contribution in [3.05, 3.63) is 10.9 Å².